The first-order chi connectivity index (χ1) is 19.3. The van der Waals surface area contributed by atoms with E-state index < -0.39 is 10.8 Å². The molecule has 40 heavy (non-hydrogen) atoms. The van der Waals surface area contributed by atoms with Crippen LogP contribution in [0, 0.1) is 24.0 Å². The van der Waals surface area contributed by atoms with Crippen LogP contribution in [-0.4, -0.2) is 43.8 Å². The first-order valence-corrected chi connectivity index (χ1v) is 13.9. The van der Waals surface area contributed by atoms with E-state index in [0.717, 1.165) is 35.3 Å². The zero-order valence-corrected chi connectivity index (χ0v) is 23.0. The molecule has 11 heteroatoms. The highest BCUT2D eigenvalue weighted by atomic mass is 32.2. The number of rotatable bonds is 8. The lowest BCUT2D eigenvalue weighted by Gasteiger charge is -2.29. The molecule has 1 aliphatic heterocycles. The molecule has 0 fully saturated rings. The van der Waals surface area contributed by atoms with Crippen LogP contribution in [0.4, 0.5) is 11.4 Å². The molecule has 0 saturated carbocycles. The number of nitrogens with one attached hydrogen (secondary N) is 1. The van der Waals surface area contributed by atoms with Gasteiger partial charge in [0, 0.05) is 29.9 Å². The van der Waals surface area contributed by atoms with E-state index in [2.05, 4.69) is 21.6 Å². The molecule has 0 saturated heterocycles. The molecule has 1 aromatic heterocycles. The van der Waals surface area contributed by atoms with Crippen molar-refractivity contribution in [3.05, 3.63) is 105 Å². The van der Waals surface area contributed by atoms with E-state index in [0.29, 0.717) is 23.1 Å². The second-order valence-electron chi connectivity index (χ2n) is 9.58. The minimum absolute atomic E-state index is 0.000637. The van der Waals surface area contributed by atoms with Gasteiger partial charge in [0.25, 0.3) is 11.6 Å². The Morgan fingerprint density at radius 3 is 2.58 bits per heavy atom. The lowest BCUT2D eigenvalue weighted by atomic mass is 10.0. The highest BCUT2D eigenvalue weighted by Gasteiger charge is 2.24. The van der Waals surface area contributed by atoms with Crippen LogP contribution in [0.1, 0.15) is 39.3 Å². The first kappa shape index (κ1) is 27.1. The van der Waals surface area contributed by atoms with Crippen molar-refractivity contribution < 1.29 is 14.5 Å². The Morgan fingerprint density at radius 2 is 1.80 bits per heavy atom. The second kappa shape index (κ2) is 11.7. The molecular weight excluding hydrogens is 528 g/mol. The van der Waals surface area contributed by atoms with Crippen molar-refractivity contribution >= 4 is 35.0 Å². The first-order valence-electron chi connectivity index (χ1n) is 12.9. The van der Waals surface area contributed by atoms with Gasteiger partial charge in [-0.05, 0) is 67.6 Å². The van der Waals surface area contributed by atoms with Gasteiger partial charge in [-0.2, -0.15) is 0 Å². The molecule has 0 unspecified atom stereocenters. The minimum atomic E-state index is -0.512. The summed E-state index contributed by atoms with van der Waals surface area (Å²) in [5.41, 5.74) is 5.25. The summed E-state index contributed by atoms with van der Waals surface area (Å²) in [6.45, 7) is 4.73. The molecule has 0 spiro atoms. The van der Waals surface area contributed by atoms with Gasteiger partial charge in [0.05, 0.1) is 22.9 Å². The Balaban J connectivity index is 1.37. The molecule has 5 rings (SSSR count). The molecule has 3 aromatic carbocycles. The number of nitrogens with zero attached hydrogens (tertiary/aromatic N) is 5. The number of benzene rings is 3. The maximum Gasteiger partial charge on any atom is 0.269 e. The van der Waals surface area contributed by atoms with Crippen LogP contribution in [0.2, 0.25) is 0 Å². The molecule has 1 N–H and O–H groups in total. The molecule has 10 nitrogen and oxygen atoms in total. The van der Waals surface area contributed by atoms with Crippen LogP contribution >= 0.6 is 11.8 Å². The molecule has 0 aliphatic carbocycles. The number of hydrogen-bond donors (Lipinski definition) is 1. The van der Waals surface area contributed by atoms with Crippen LogP contribution in [0.3, 0.4) is 0 Å². The van der Waals surface area contributed by atoms with Gasteiger partial charge < -0.3 is 10.2 Å². The van der Waals surface area contributed by atoms with E-state index in [4.69, 9.17) is 0 Å². The molecule has 0 radical (unpaired) electrons. The molecule has 1 aliphatic rings. The van der Waals surface area contributed by atoms with Crippen LogP contribution in [0.5, 0.6) is 0 Å². The average Bonchev–Trinajstić information content (AvgIpc) is 3.38. The van der Waals surface area contributed by atoms with E-state index in [-0.39, 0.29) is 23.9 Å². The van der Waals surface area contributed by atoms with Crippen LogP contribution < -0.4 is 10.2 Å². The zero-order chi connectivity index (χ0) is 28.2. The van der Waals surface area contributed by atoms with Crippen molar-refractivity contribution in [3.8, 4) is 5.69 Å². The Bertz CT molecular complexity index is 1580. The number of anilines is 1. The number of nitro groups is 1. The fourth-order valence-corrected chi connectivity index (χ4v) is 5.54. The Labute approximate surface area is 235 Å². The maximum absolute atomic E-state index is 13.3. The van der Waals surface area contributed by atoms with Gasteiger partial charge in [-0.15, -0.1) is 10.2 Å². The number of aromatic nitrogens is 3. The maximum atomic E-state index is 13.3. The summed E-state index contributed by atoms with van der Waals surface area (Å²) in [6.07, 6.45) is 1.88. The van der Waals surface area contributed by atoms with Gasteiger partial charge in [-0.25, -0.2) is 0 Å². The highest BCUT2D eigenvalue weighted by molar-refractivity contribution is 7.99. The quantitative estimate of drug-likeness (QED) is 0.188. The van der Waals surface area contributed by atoms with Gasteiger partial charge in [0.15, 0.2) is 11.0 Å². The fourth-order valence-electron chi connectivity index (χ4n) is 4.70. The highest BCUT2D eigenvalue weighted by Crippen LogP contribution is 2.29. The molecule has 2 amide bonds. The summed E-state index contributed by atoms with van der Waals surface area (Å²) in [5.74, 6) is 0.299. The van der Waals surface area contributed by atoms with Crippen molar-refractivity contribution in [3.63, 3.8) is 0 Å². The number of hydrogen-bond acceptors (Lipinski definition) is 7. The number of thioether (sulfide) groups is 1. The number of fused-ring (bicyclic) bond motifs is 1. The van der Waals surface area contributed by atoms with Gasteiger partial charge in [0.1, 0.15) is 0 Å². The molecule has 4 aromatic rings. The van der Waals surface area contributed by atoms with Crippen molar-refractivity contribution in [2.75, 3.05) is 17.2 Å². The summed E-state index contributed by atoms with van der Waals surface area (Å²) in [5, 5.41) is 23.0. The summed E-state index contributed by atoms with van der Waals surface area (Å²) in [4.78, 5) is 38.3. The lowest BCUT2D eigenvalue weighted by molar-refractivity contribution is -0.384. The van der Waals surface area contributed by atoms with Gasteiger partial charge >= 0.3 is 0 Å². The minimum Gasteiger partial charge on any atom is -0.345 e. The van der Waals surface area contributed by atoms with E-state index in [9.17, 15) is 19.7 Å². The number of non-ortho nitro benzene ring substituents is 1. The molecule has 2 heterocycles. The predicted octanol–water partition coefficient (Wildman–Crippen LogP) is 4.79. The van der Waals surface area contributed by atoms with Crippen molar-refractivity contribution in [1.29, 1.82) is 0 Å². The summed E-state index contributed by atoms with van der Waals surface area (Å²) >= 11 is 1.31. The largest absolute Gasteiger partial charge is 0.345 e. The van der Waals surface area contributed by atoms with E-state index in [1.807, 2.05) is 59.7 Å². The predicted molar refractivity (Wildman–Crippen MR) is 153 cm³/mol. The molecular formula is C29H28N6O4S. The Morgan fingerprint density at radius 1 is 1.02 bits per heavy atom. The number of para-hydroxylation sites is 1. The Hall–Kier alpha value is -4.51. The average molecular weight is 557 g/mol. The number of carbonyl (C=O) groups is 2. The van der Waals surface area contributed by atoms with Crippen molar-refractivity contribution in [2.45, 2.75) is 38.4 Å². The molecule has 204 valence electrons. The third kappa shape index (κ3) is 5.74. The van der Waals surface area contributed by atoms with Crippen LogP contribution in [0.25, 0.3) is 5.69 Å². The van der Waals surface area contributed by atoms with Gasteiger partial charge in [-0.3, -0.25) is 24.3 Å². The van der Waals surface area contributed by atoms with Crippen molar-refractivity contribution in [1.82, 2.24) is 20.1 Å². The van der Waals surface area contributed by atoms with E-state index >= 15 is 0 Å². The SMILES string of the molecule is Cc1ccc(C)c(-n2c(CNC(=O)c3ccc([N+](=O)[O-])cc3)nnc2SCC(=O)N2CCCc3ccccc32)c1. The van der Waals surface area contributed by atoms with Gasteiger partial charge in [0.2, 0.25) is 5.91 Å². The number of amides is 2. The third-order valence-electron chi connectivity index (χ3n) is 6.79. The topological polar surface area (TPSA) is 123 Å². The standard InChI is InChI=1S/C29H28N6O4S/c1-19-9-10-20(2)25(16-19)34-26(17-30-28(37)22-11-13-23(14-12-22)35(38)39)31-32-29(34)40-18-27(36)33-15-5-7-21-6-3-4-8-24(21)33/h3-4,6,8-14,16H,5,7,15,17-18H2,1-2H3,(H,30,37). The van der Waals surface area contributed by atoms with E-state index in [1.54, 1.807) is 0 Å². The van der Waals surface area contributed by atoms with Crippen LogP contribution in [0.15, 0.2) is 71.9 Å². The fraction of sp³-hybridized carbons (Fsp3) is 0.241. The third-order valence-corrected chi connectivity index (χ3v) is 7.70. The zero-order valence-electron chi connectivity index (χ0n) is 22.2. The summed E-state index contributed by atoms with van der Waals surface area (Å²) in [6, 6.07) is 19.5. The number of carbonyl (C=O) groups excluding carboxylic acids is 2. The summed E-state index contributed by atoms with van der Waals surface area (Å²) in [7, 11) is 0. The number of aryl methyl sites for hydroxylation is 3. The normalized spacial score (nSPS) is 12.6. The Kier molecular flexibility index (Phi) is 7.92. The van der Waals surface area contributed by atoms with Crippen molar-refractivity contribution in [2.24, 2.45) is 0 Å². The van der Waals surface area contributed by atoms with Gasteiger partial charge in [-0.1, -0.05) is 42.1 Å². The van der Waals surface area contributed by atoms with E-state index in [1.165, 1.54) is 41.6 Å². The molecule has 0 atom stereocenters. The second-order valence-corrected chi connectivity index (χ2v) is 10.5. The number of nitro benzene ring substituents is 1. The monoisotopic (exact) mass is 556 g/mol. The summed E-state index contributed by atoms with van der Waals surface area (Å²) < 4.78 is 1.88. The lowest BCUT2D eigenvalue weighted by Crippen LogP contribution is -2.36. The smallest absolute Gasteiger partial charge is 0.269 e. The molecule has 0 bridgehead atoms. The van der Waals surface area contributed by atoms with Crippen LogP contribution in [-0.2, 0) is 17.8 Å².